The van der Waals surface area contributed by atoms with Gasteiger partial charge < -0.3 is 9.64 Å². The lowest BCUT2D eigenvalue weighted by Crippen LogP contribution is -2.24. The van der Waals surface area contributed by atoms with Crippen LogP contribution in [0, 0.1) is 0 Å². The molecular weight excluding hydrogens is 250 g/mol. The summed E-state index contributed by atoms with van der Waals surface area (Å²) in [4.78, 5) is 14.4. The van der Waals surface area contributed by atoms with E-state index >= 15 is 0 Å². The Kier molecular flexibility index (Phi) is 7.78. The number of carbonyl (C=O) groups excluding carboxylic acids is 1. The minimum atomic E-state index is -0.205. The SMILES string of the molecule is CCCCCCOC(=O)c1ccccc1N(CC)CC. The first-order valence-corrected chi connectivity index (χ1v) is 7.75. The number of unbranched alkanes of at least 4 members (excludes halogenated alkanes) is 3. The number of anilines is 1. The smallest absolute Gasteiger partial charge is 0.340 e. The molecule has 0 amide bonds. The van der Waals surface area contributed by atoms with Crippen LogP contribution < -0.4 is 4.90 Å². The molecule has 3 nitrogen and oxygen atoms in total. The lowest BCUT2D eigenvalue weighted by molar-refractivity contribution is 0.0498. The van der Waals surface area contributed by atoms with Gasteiger partial charge in [0.05, 0.1) is 17.9 Å². The number of ether oxygens (including phenoxy) is 1. The Balaban J connectivity index is 2.63. The first-order chi connectivity index (χ1) is 9.74. The van der Waals surface area contributed by atoms with Gasteiger partial charge in [0, 0.05) is 13.1 Å². The van der Waals surface area contributed by atoms with Crippen LogP contribution in [0.4, 0.5) is 5.69 Å². The highest BCUT2D eigenvalue weighted by Crippen LogP contribution is 2.21. The molecule has 0 atom stereocenters. The molecule has 0 saturated heterocycles. The van der Waals surface area contributed by atoms with Crippen LogP contribution in [0.2, 0.25) is 0 Å². The Morgan fingerprint density at radius 3 is 2.40 bits per heavy atom. The Hall–Kier alpha value is -1.51. The second-order valence-corrected chi connectivity index (χ2v) is 4.89. The fraction of sp³-hybridized carbons (Fsp3) is 0.588. The summed E-state index contributed by atoms with van der Waals surface area (Å²) in [5.74, 6) is -0.205. The number of esters is 1. The van der Waals surface area contributed by atoms with Gasteiger partial charge in [-0.1, -0.05) is 38.3 Å². The molecule has 0 aliphatic heterocycles. The molecule has 0 spiro atoms. The molecule has 1 aromatic rings. The molecule has 0 bridgehead atoms. The van der Waals surface area contributed by atoms with Crippen molar-refractivity contribution < 1.29 is 9.53 Å². The van der Waals surface area contributed by atoms with Crippen molar-refractivity contribution in [3.63, 3.8) is 0 Å². The van der Waals surface area contributed by atoms with Crippen LogP contribution in [0.1, 0.15) is 56.8 Å². The van der Waals surface area contributed by atoms with Gasteiger partial charge in [0.25, 0.3) is 0 Å². The van der Waals surface area contributed by atoms with Gasteiger partial charge in [0.1, 0.15) is 0 Å². The number of hydrogen-bond donors (Lipinski definition) is 0. The van der Waals surface area contributed by atoms with Gasteiger partial charge >= 0.3 is 5.97 Å². The molecule has 1 rings (SSSR count). The average molecular weight is 277 g/mol. The van der Waals surface area contributed by atoms with Crippen LogP contribution in [-0.2, 0) is 4.74 Å². The van der Waals surface area contributed by atoms with E-state index in [1.165, 1.54) is 12.8 Å². The molecule has 0 N–H and O–H groups in total. The third kappa shape index (κ3) is 4.87. The number of para-hydroxylation sites is 1. The van der Waals surface area contributed by atoms with Gasteiger partial charge in [-0.05, 0) is 32.4 Å². The summed E-state index contributed by atoms with van der Waals surface area (Å²) in [5, 5.41) is 0. The van der Waals surface area contributed by atoms with E-state index in [0.717, 1.165) is 31.6 Å². The second kappa shape index (κ2) is 9.40. The van der Waals surface area contributed by atoms with Gasteiger partial charge in [-0.3, -0.25) is 0 Å². The third-order valence-corrected chi connectivity index (χ3v) is 3.46. The maximum Gasteiger partial charge on any atom is 0.340 e. The predicted octanol–water partition coefficient (Wildman–Crippen LogP) is 4.27. The first-order valence-electron chi connectivity index (χ1n) is 7.75. The first kappa shape index (κ1) is 16.5. The Morgan fingerprint density at radius 2 is 1.75 bits per heavy atom. The van der Waals surface area contributed by atoms with Crippen LogP contribution >= 0.6 is 0 Å². The molecule has 0 aliphatic rings. The van der Waals surface area contributed by atoms with Crippen molar-refractivity contribution in [3.8, 4) is 0 Å². The molecule has 0 aromatic heterocycles. The molecule has 20 heavy (non-hydrogen) atoms. The van der Waals surface area contributed by atoms with E-state index < -0.39 is 0 Å². The zero-order valence-electron chi connectivity index (χ0n) is 13.0. The Bertz CT molecular complexity index is 400. The minimum Gasteiger partial charge on any atom is -0.462 e. The molecular formula is C17H27NO2. The molecule has 3 heteroatoms. The number of rotatable bonds is 9. The van der Waals surface area contributed by atoms with Crippen LogP contribution in [0.5, 0.6) is 0 Å². The maximum absolute atomic E-state index is 12.2. The minimum absolute atomic E-state index is 0.205. The van der Waals surface area contributed by atoms with Crippen molar-refractivity contribution in [1.29, 1.82) is 0 Å². The van der Waals surface area contributed by atoms with Gasteiger partial charge in [-0.25, -0.2) is 4.79 Å². The summed E-state index contributed by atoms with van der Waals surface area (Å²) in [7, 11) is 0. The number of benzene rings is 1. The van der Waals surface area contributed by atoms with Crippen LogP contribution in [-0.4, -0.2) is 25.7 Å². The number of carbonyl (C=O) groups is 1. The van der Waals surface area contributed by atoms with Crippen LogP contribution in [0.15, 0.2) is 24.3 Å². The summed E-state index contributed by atoms with van der Waals surface area (Å²) >= 11 is 0. The second-order valence-electron chi connectivity index (χ2n) is 4.89. The molecule has 0 unspecified atom stereocenters. The monoisotopic (exact) mass is 277 g/mol. The van der Waals surface area contributed by atoms with Crippen LogP contribution in [0.3, 0.4) is 0 Å². The van der Waals surface area contributed by atoms with Crippen molar-refractivity contribution in [3.05, 3.63) is 29.8 Å². The van der Waals surface area contributed by atoms with Gasteiger partial charge in [0.2, 0.25) is 0 Å². The fourth-order valence-corrected chi connectivity index (χ4v) is 2.26. The Morgan fingerprint density at radius 1 is 1.05 bits per heavy atom. The molecule has 112 valence electrons. The summed E-state index contributed by atoms with van der Waals surface area (Å²) in [6.45, 7) is 8.65. The molecule has 0 radical (unpaired) electrons. The van der Waals surface area contributed by atoms with Crippen molar-refractivity contribution in [2.75, 3.05) is 24.6 Å². The summed E-state index contributed by atoms with van der Waals surface area (Å²) in [6.07, 6.45) is 4.47. The maximum atomic E-state index is 12.2. The normalized spacial score (nSPS) is 10.3. The predicted molar refractivity (Wildman–Crippen MR) is 84.4 cm³/mol. The van der Waals surface area contributed by atoms with Crippen molar-refractivity contribution in [2.24, 2.45) is 0 Å². The topological polar surface area (TPSA) is 29.5 Å². The summed E-state index contributed by atoms with van der Waals surface area (Å²) in [5.41, 5.74) is 1.64. The largest absolute Gasteiger partial charge is 0.462 e. The molecule has 0 saturated carbocycles. The van der Waals surface area contributed by atoms with E-state index in [-0.39, 0.29) is 5.97 Å². The van der Waals surface area contributed by atoms with E-state index in [1.807, 2.05) is 24.3 Å². The molecule has 1 aromatic carbocycles. The summed E-state index contributed by atoms with van der Waals surface area (Å²) in [6, 6.07) is 7.69. The van der Waals surface area contributed by atoms with Crippen molar-refractivity contribution in [1.82, 2.24) is 0 Å². The van der Waals surface area contributed by atoms with E-state index in [9.17, 15) is 4.79 Å². The zero-order valence-corrected chi connectivity index (χ0v) is 13.0. The Labute approximate surface area is 122 Å². The quantitative estimate of drug-likeness (QED) is 0.498. The highest BCUT2D eigenvalue weighted by atomic mass is 16.5. The van der Waals surface area contributed by atoms with Crippen molar-refractivity contribution in [2.45, 2.75) is 46.5 Å². The zero-order chi connectivity index (χ0) is 14.8. The highest BCUT2D eigenvalue weighted by Gasteiger charge is 2.15. The summed E-state index contributed by atoms with van der Waals surface area (Å²) < 4.78 is 5.39. The fourth-order valence-electron chi connectivity index (χ4n) is 2.26. The van der Waals surface area contributed by atoms with Gasteiger partial charge in [-0.2, -0.15) is 0 Å². The lowest BCUT2D eigenvalue weighted by atomic mass is 10.1. The molecule has 0 heterocycles. The third-order valence-electron chi connectivity index (χ3n) is 3.46. The van der Waals surface area contributed by atoms with E-state index in [1.54, 1.807) is 0 Å². The number of hydrogen-bond acceptors (Lipinski definition) is 3. The van der Waals surface area contributed by atoms with Crippen LogP contribution in [0.25, 0.3) is 0 Å². The van der Waals surface area contributed by atoms with Gasteiger partial charge in [0.15, 0.2) is 0 Å². The van der Waals surface area contributed by atoms with Crippen molar-refractivity contribution >= 4 is 11.7 Å². The standard InChI is InChI=1S/C17H27NO2/c1-4-7-8-11-14-20-17(19)15-12-9-10-13-16(15)18(5-2)6-3/h9-10,12-13H,4-8,11,14H2,1-3H3. The lowest BCUT2D eigenvalue weighted by Gasteiger charge is -2.23. The van der Waals surface area contributed by atoms with Gasteiger partial charge in [-0.15, -0.1) is 0 Å². The van der Waals surface area contributed by atoms with E-state index in [0.29, 0.717) is 12.2 Å². The highest BCUT2D eigenvalue weighted by molar-refractivity contribution is 5.95. The average Bonchev–Trinajstić information content (AvgIpc) is 2.48. The number of nitrogens with zero attached hydrogens (tertiary/aromatic N) is 1. The van der Waals surface area contributed by atoms with E-state index in [2.05, 4.69) is 25.7 Å². The molecule has 0 aliphatic carbocycles. The molecule has 0 fully saturated rings. The van der Waals surface area contributed by atoms with E-state index in [4.69, 9.17) is 4.74 Å².